The Balaban J connectivity index is 1.44. The van der Waals surface area contributed by atoms with Gasteiger partial charge in [0.05, 0.1) is 12.6 Å². The van der Waals surface area contributed by atoms with E-state index < -0.39 is 0 Å². The van der Waals surface area contributed by atoms with E-state index in [0.29, 0.717) is 12.5 Å². The van der Waals surface area contributed by atoms with E-state index in [0.717, 1.165) is 64.7 Å². The molecule has 3 rings (SSSR count). The lowest BCUT2D eigenvalue weighted by molar-refractivity contribution is -0.138. The Morgan fingerprint density at radius 2 is 1.71 bits per heavy atom. The molecule has 2 aliphatic heterocycles. The van der Waals surface area contributed by atoms with Gasteiger partial charge in [-0.05, 0) is 57.2 Å². The number of carbonyl (C=O) groups excluding carboxylic acids is 2. The van der Waals surface area contributed by atoms with Crippen LogP contribution in [0.1, 0.15) is 63.5 Å². The third-order valence-electron chi connectivity index (χ3n) is 6.09. The van der Waals surface area contributed by atoms with Gasteiger partial charge >= 0.3 is 0 Å². The Morgan fingerprint density at radius 1 is 1.04 bits per heavy atom. The zero-order chi connectivity index (χ0) is 19.8. The van der Waals surface area contributed by atoms with Crippen LogP contribution in [0.5, 0.6) is 0 Å². The van der Waals surface area contributed by atoms with Gasteiger partial charge in [0.15, 0.2) is 0 Å². The molecular weight excluding hydrogens is 350 g/mol. The molecular formula is C23H35N3O2. The fraction of sp³-hybridized carbons (Fsp3) is 0.652. The molecule has 5 heteroatoms. The number of piperidine rings is 2. The van der Waals surface area contributed by atoms with Crippen molar-refractivity contribution < 1.29 is 9.59 Å². The molecule has 1 aromatic rings. The summed E-state index contributed by atoms with van der Waals surface area (Å²) in [4.78, 5) is 29.5. The van der Waals surface area contributed by atoms with Crippen molar-refractivity contribution in [1.82, 2.24) is 15.1 Å². The summed E-state index contributed by atoms with van der Waals surface area (Å²) in [5.41, 5.74) is 1.17. The van der Waals surface area contributed by atoms with Crippen LogP contribution in [0.2, 0.25) is 0 Å². The average Bonchev–Trinajstić information content (AvgIpc) is 2.75. The summed E-state index contributed by atoms with van der Waals surface area (Å²) in [6.45, 7) is 6.10. The first kappa shape index (κ1) is 20.8. The molecule has 1 N–H and O–H groups in total. The highest BCUT2D eigenvalue weighted by molar-refractivity contribution is 5.80. The summed E-state index contributed by atoms with van der Waals surface area (Å²) in [7, 11) is 0. The topological polar surface area (TPSA) is 52.7 Å². The minimum Gasteiger partial charge on any atom is -0.348 e. The Bertz CT molecular complexity index is 620. The van der Waals surface area contributed by atoms with Crippen LogP contribution in [0, 0.1) is 5.92 Å². The quantitative estimate of drug-likeness (QED) is 0.783. The van der Waals surface area contributed by atoms with E-state index in [9.17, 15) is 9.59 Å². The Hall–Kier alpha value is -1.88. The van der Waals surface area contributed by atoms with Crippen molar-refractivity contribution >= 4 is 11.8 Å². The molecule has 2 heterocycles. The van der Waals surface area contributed by atoms with Crippen molar-refractivity contribution in [2.75, 3.05) is 32.7 Å². The van der Waals surface area contributed by atoms with E-state index in [1.54, 1.807) is 0 Å². The van der Waals surface area contributed by atoms with E-state index >= 15 is 0 Å². The zero-order valence-corrected chi connectivity index (χ0v) is 17.2. The molecule has 0 bridgehead atoms. The predicted octanol–water partition coefficient (Wildman–Crippen LogP) is 3.37. The van der Waals surface area contributed by atoms with Crippen LogP contribution in [-0.2, 0) is 9.59 Å². The van der Waals surface area contributed by atoms with Crippen LogP contribution in [0.3, 0.4) is 0 Å². The molecule has 1 unspecified atom stereocenters. The van der Waals surface area contributed by atoms with Gasteiger partial charge in [-0.2, -0.15) is 0 Å². The van der Waals surface area contributed by atoms with Gasteiger partial charge in [-0.25, -0.2) is 0 Å². The second kappa shape index (κ2) is 10.6. The van der Waals surface area contributed by atoms with E-state index in [2.05, 4.69) is 34.2 Å². The summed E-state index contributed by atoms with van der Waals surface area (Å²) >= 11 is 0. The maximum atomic E-state index is 12.7. The third-order valence-corrected chi connectivity index (χ3v) is 6.09. The van der Waals surface area contributed by atoms with Gasteiger partial charge < -0.3 is 10.2 Å². The van der Waals surface area contributed by atoms with Crippen LogP contribution >= 0.6 is 0 Å². The number of hydrogen-bond donors (Lipinski definition) is 1. The molecule has 0 saturated carbocycles. The minimum absolute atomic E-state index is 0.0805. The van der Waals surface area contributed by atoms with E-state index in [4.69, 9.17) is 0 Å². The Kier molecular flexibility index (Phi) is 7.90. The van der Waals surface area contributed by atoms with Crippen molar-refractivity contribution in [2.24, 2.45) is 5.92 Å². The molecule has 2 fully saturated rings. The Morgan fingerprint density at radius 3 is 2.36 bits per heavy atom. The second-order valence-electron chi connectivity index (χ2n) is 8.26. The number of carbonyl (C=O) groups is 2. The third kappa shape index (κ3) is 5.81. The van der Waals surface area contributed by atoms with Gasteiger partial charge in [0.1, 0.15) is 0 Å². The molecule has 28 heavy (non-hydrogen) atoms. The number of hydrogen-bond acceptors (Lipinski definition) is 3. The van der Waals surface area contributed by atoms with Crippen molar-refractivity contribution in [3.63, 3.8) is 0 Å². The smallest absolute Gasteiger partial charge is 0.234 e. The molecule has 2 saturated heterocycles. The van der Waals surface area contributed by atoms with Crippen molar-refractivity contribution in [3.05, 3.63) is 35.9 Å². The van der Waals surface area contributed by atoms with Gasteiger partial charge in [-0.3, -0.25) is 14.5 Å². The van der Waals surface area contributed by atoms with Crippen molar-refractivity contribution in [2.45, 2.75) is 57.9 Å². The highest BCUT2D eigenvalue weighted by atomic mass is 16.2. The standard InChI is InChI=1S/C23H35N3O2/c1-2-9-21(19-10-5-3-6-11-19)24-22(27)18-25-16-12-20(13-17-25)23(28)26-14-7-4-8-15-26/h3,5-6,10-11,20-21H,2,4,7-9,12-18H2,1H3,(H,24,27). The normalized spacial score (nSPS) is 20.0. The molecule has 0 radical (unpaired) electrons. The number of nitrogens with one attached hydrogen (secondary N) is 1. The highest BCUT2D eigenvalue weighted by Crippen LogP contribution is 2.22. The molecule has 5 nitrogen and oxygen atoms in total. The largest absolute Gasteiger partial charge is 0.348 e. The number of likely N-dealkylation sites (tertiary alicyclic amines) is 2. The van der Waals surface area contributed by atoms with E-state index in [-0.39, 0.29) is 17.9 Å². The van der Waals surface area contributed by atoms with Crippen LogP contribution in [0.4, 0.5) is 0 Å². The van der Waals surface area contributed by atoms with Gasteiger partial charge in [0.25, 0.3) is 0 Å². The predicted molar refractivity (Wildman–Crippen MR) is 112 cm³/mol. The molecule has 0 aliphatic carbocycles. The van der Waals surface area contributed by atoms with Crippen LogP contribution < -0.4 is 5.32 Å². The molecule has 154 valence electrons. The first-order valence-corrected chi connectivity index (χ1v) is 11.0. The Labute approximate surface area is 169 Å². The van der Waals surface area contributed by atoms with Crippen LogP contribution in [-0.4, -0.2) is 54.3 Å². The monoisotopic (exact) mass is 385 g/mol. The van der Waals surface area contributed by atoms with E-state index in [1.807, 2.05) is 18.2 Å². The average molecular weight is 386 g/mol. The zero-order valence-electron chi connectivity index (χ0n) is 17.2. The maximum absolute atomic E-state index is 12.7. The molecule has 1 aromatic carbocycles. The first-order chi connectivity index (χ1) is 13.7. The van der Waals surface area contributed by atoms with Gasteiger partial charge in [-0.15, -0.1) is 0 Å². The lowest BCUT2D eigenvalue weighted by Gasteiger charge is -2.35. The minimum atomic E-state index is 0.0805. The van der Waals surface area contributed by atoms with Gasteiger partial charge in [0.2, 0.25) is 11.8 Å². The van der Waals surface area contributed by atoms with Crippen molar-refractivity contribution in [3.8, 4) is 0 Å². The fourth-order valence-electron chi connectivity index (χ4n) is 4.45. The maximum Gasteiger partial charge on any atom is 0.234 e. The molecule has 0 aromatic heterocycles. The van der Waals surface area contributed by atoms with Crippen molar-refractivity contribution in [1.29, 1.82) is 0 Å². The molecule has 0 spiro atoms. The van der Waals surface area contributed by atoms with Gasteiger partial charge in [0, 0.05) is 19.0 Å². The fourth-order valence-corrected chi connectivity index (χ4v) is 4.45. The number of amides is 2. The number of benzene rings is 1. The summed E-state index contributed by atoms with van der Waals surface area (Å²) in [6, 6.07) is 10.3. The summed E-state index contributed by atoms with van der Waals surface area (Å²) in [6.07, 6.45) is 7.26. The summed E-state index contributed by atoms with van der Waals surface area (Å²) in [5, 5.41) is 3.21. The summed E-state index contributed by atoms with van der Waals surface area (Å²) < 4.78 is 0. The number of nitrogens with zero attached hydrogens (tertiary/aromatic N) is 2. The summed E-state index contributed by atoms with van der Waals surface area (Å²) in [5.74, 6) is 0.577. The molecule has 1 atom stereocenters. The van der Waals surface area contributed by atoms with Crippen LogP contribution in [0.25, 0.3) is 0 Å². The first-order valence-electron chi connectivity index (χ1n) is 11.0. The second-order valence-corrected chi connectivity index (χ2v) is 8.26. The lowest BCUT2D eigenvalue weighted by Crippen LogP contribution is -2.46. The van der Waals surface area contributed by atoms with Gasteiger partial charge in [-0.1, -0.05) is 43.7 Å². The lowest BCUT2D eigenvalue weighted by atomic mass is 9.94. The SMILES string of the molecule is CCCC(NC(=O)CN1CCC(C(=O)N2CCCCC2)CC1)c1ccccc1. The molecule has 2 aliphatic rings. The number of rotatable bonds is 7. The molecule has 2 amide bonds. The highest BCUT2D eigenvalue weighted by Gasteiger charge is 2.29. The van der Waals surface area contributed by atoms with Crippen LogP contribution in [0.15, 0.2) is 30.3 Å². The van der Waals surface area contributed by atoms with E-state index in [1.165, 1.54) is 12.0 Å².